The van der Waals surface area contributed by atoms with E-state index < -0.39 is 10.0 Å². The third kappa shape index (κ3) is 7.26. The SMILES string of the molecule is CN=C(NCCNS(=O)(=O)c1ccc(C)cc1)NCc1ccccn1.I. The van der Waals surface area contributed by atoms with Crippen molar-refractivity contribution in [2.24, 2.45) is 4.99 Å². The molecule has 0 saturated heterocycles. The molecule has 1 aromatic heterocycles. The molecule has 1 heterocycles. The van der Waals surface area contributed by atoms with Crippen LogP contribution >= 0.6 is 24.0 Å². The number of guanidine groups is 1. The highest BCUT2D eigenvalue weighted by Crippen LogP contribution is 2.09. The van der Waals surface area contributed by atoms with Gasteiger partial charge in [0.2, 0.25) is 10.0 Å². The van der Waals surface area contributed by atoms with Crippen LogP contribution in [0.3, 0.4) is 0 Å². The first-order chi connectivity index (χ1) is 12.0. The Kier molecular flexibility index (Phi) is 9.52. The Hall–Kier alpha value is -1.72. The third-order valence-corrected chi connectivity index (χ3v) is 4.90. The second-order valence-corrected chi connectivity index (χ2v) is 7.15. The molecule has 2 aromatic rings. The zero-order chi connectivity index (χ0) is 18.1. The van der Waals surface area contributed by atoms with E-state index in [1.807, 2.05) is 25.1 Å². The number of aliphatic imine (C=N–C) groups is 1. The molecule has 2 rings (SSSR count). The summed E-state index contributed by atoms with van der Waals surface area (Å²) in [4.78, 5) is 8.57. The fraction of sp³-hybridized carbons (Fsp3) is 0.294. The van der Waals surface area contributed by atoms with Crippen LogP contribution in [-0.2, 0) is 16.6 Å². The molecule has 0 aliphatic heterocycles. The van der Waals surface area contributed by atoms with E-state index in [1.165, 1.54) is 0 Å². The summed E-state index contributed by atoms with van der Waals surface area (Å²) >= 11 is 0. The number of sulfonamides is 1. The van der Waals surface area contributed by atoms with Gasteiger partial charge in [0, 0.05) is 26.3 Å². The second-order valence-electron chi connectivity index (χ2n) is 5.38. The Labute approximate surface area is 171 Å². The van der Waals surface area contributed by atoms with Crippen LogP contribution in [0.4, 0.5) is 0 Å². The van der Waals surface area contributed by atoms with E-state index >= 15 is 0 Å². The first-order valence-electron chi connectivity index (χ1n) is 7.92. The van der Waals surface area contributed by atoms with Gasteiger partial charge in [0.1, 0.15) is 0 Å². The topological polar surface area (TPSA) is 95.5 Å². The van der Waals surface area contributed by atoms with Crippen molar-refractivity contribution in [1.82, 2.24) is 20.3 Å². The molecule has 0 saturated carbocycles. The van der Waals surface area contributed by atoms with Crippen LogP contribution in [0.2, 0.25) is 0 Å². The highest BCUT2D eigenvalue weighted by atomic mass is 127. The summed E-state index contributed by atoms with van der Waals surface area (Å²) in [7, 11) is -1.84. The third-order valence-electron chi connectivity index (χ3n) is 3.43. The smallest absolute Gasteiger partial charge is 0.240 e. The molecule has 0 amide bonds. The summed E-state index contributed by atoms with van der Waals surface area (Å²) in [5.74, 6) is 0.584. The minimum absolute atomic E-state index is 0. The van der Waals surface area contributed by atoms with Crippen LogP contribution in [0, 0.1) is 6.92 Å². The van der Waals surface area contributed by atoms with E-state index in [-0.39, 0.29) is 35.4 Å². The van der Waals surface area contributed by atoms with Gasteiger partial charge in [-0.05, 0) is 31.2 Å². The Morgan fingerprint density at radius 2 is 1.81 bits per heavy atom. The molecule has 142 valence electrons. The lowest BCUT2D eigenvalue weighted by molar-refractivity contribution is 0.580. The van der Waals surface area contributed by atoms with Gasteiger partial charge in [-0.1, -0.05) is 23.8 Å². The fourth-order valence-corrected chi connectivity index (χ4v) is 3.10. The van der Waals surface area contributed by atoms with Gasteiger partial charge in [-0.25, -0.2) is 13.1 Å². The van der Waals surface area contributed by atoms with Gasteiger partial charge < -0.3 is 10.6 Å². The standard InChI is InChI=1S/C17H23N5O2S.HI/c1-14-6-8-16(9-7-14)25(23,24)22-12-11-20-17(18-2)21-13-15-5-3-4-10-19-15;/h3-10,22H,11-13H2,1-2H3,(H2,18,20,21);1H. The lowest BCUT2D eigenvalue weighted by Gasteiger charge is -2.12. The summed E-state index contributed by atoms with van der Waals surface area (Å²) in [5, 5.41) is 6.18. The summed E-state index contributed by atoms with van der Waals surface area (Å²) in [6, 6.07) is 12.4. The van der Waals surface area contributed by atoms with Gasteiger partial charge >= 0.3 is 0 Å². The first kappa shape index (κ1) is 22.3. The maximum absolute atomic E-state index is 12.2. The maximum atomic E-state index is 12.2. The van der Waals surface area contributed by atoms with Gasteiger partial charge in [-0.3, -0.25) is 9.98 Å². The molecule has 0 radical (unpaired) electrons. The van der Waals surface area contributed by atoms with Crippen LogP contribution in [0.5, 0.6) is 0 Å². The van der Waals surface area contributed by atoms with Gasteiger partial charge in [0.05, 0.1) is 17.1 Å². The van der Waals surface area contributed by atoms with Crippen LogP contribution < -0.4 is 15.4 Å². The summed E-state index contributed by atoms with van der Waals surface area (Å²) in [6.45, 7) is 3.11. The van der Waals surface area contributed by atoms with E-state index in [9.17, 15) is 8.42 Å². The Bertz CT molecular complexity index is 796. The van der Waals surface area contributed by atoms with Gasteiger partial charge in [0.15, 0.2) is 5.96 Å². The maximum Gasteiger partial charge on any atom is 0.240 e. The predicted molar refractivity (Wildman–Crippen MR) is 114 cm³/mol. The average molecular weight is 489 g/mol. The van der Waals surface area contributed by atoms with Gasteiger partial charge in [0.25, 0.3) is 0 Å². The number of hydrogen-bond donors (Lipinski definition) is 3. The molecular weight excluding hydrogens is 465 g/mol. The number of rotatable bonds is 7. The Morgan fingerprint density at radius 3 is 2.42 bits per heavy atom. The number of aryl methyl sites for hydroxylation is 1. The van der Waals surface area contributed by atoms with E-state index in [0.717, 1.165) is 11.3 Å². The van der Waals surface area contributed by atoms with Crippen molar-refractivity contribution in [2.45, 2.75) is 18.4 Å². The quantitative estimate of drug-likeness (QED) is 0.238. The molecule has 0 spiro atoms. The Balaban J connectivity index is 0.00000338. The number of pyridine rings is 1. The largest absolute Gasteiger partial charge is 0.355 e. The number of hydrogen-bond acceptors (Lipinski definition) is 4. The molecule has 0 fully saturated rings. The molecule has 0 unspecified atom stereocenters. The zero-order valence-corrected chi connectivity index (χ0v) is 17.9. The van der Waals surface area contributed by atoms with E-state index in [0.29, 0.717) is 19.0 Å². The summed E-state index contributed by atoms with van der Waals surface area (Å²) < 4.78 is 26.9. The van der Waals surface area contributed by atoms with E-state index in [2.05, 4.69) is 25.3 Å². The van der Waals surface area contributed by atoms with Gasteiger partial charge in [-0.2, -0.15) is 0 Å². The highest BCUT2D eigenvalue weighted by Gasteiger charge is 2.12. The number of aromatic nitrogens is 1. The molecule has 1 aromatic carbocycles. The molecule has 9 heteroatoms. The summed E-state index contributed by atoms with van der Waals surface area (Å²) in [5.41, 5.74) is 1.91. The molecular formula is C17H24IN5O2S. The van der Waals surface area contributed by atoms with Gasteiger partial charge in [-0.15, -0.1) is 24.0 Å². The molecule has 0 bridgehead atoms. The van der Waals surface area contributed by atoms with Crippen molar-refractivity contribution in [3.63, 3.8) is 0 Å². The Morgan fingerprint density at radius 1 is 1.08 bits per heavy atom. The monoisotopic (exact) mass is 489 g/mol. The van der Waals surface area contributed by atoms with Crippen molar-refractivity contribution in [3.8, 4) is 0 Å². The average Bonchev–Trinajstić information content (AvgIpc) is 2.62. The normalized spacial score (nSPS) is 11.5. The van der Waals surface area contributed by atoms with Crippen molar-refractivity contribution in [1.29, 1.82) is 0 Å². The number of halogens is 1. The summed E-state index contributed by atoms with van der Waals surface area (Å²) in [6.07, 6.45) is 1.73. The predicted octanol–water partition coefficient (Wildman–Crippen LogP) is 1.65. The van der Waals surface area contributed by atoms with Crippen molar-refractivity contribution in [2.75, 3.05) is 20.1 Å². The van der Waals surface area contributed by atoms with Crippen molar-refractivity contribution >= 4 is 40.0 Å². The van der Waals surface area contributed by atoms with Crippen LogP contribution in [0.1, 0.15) is 11.3 Å². The lowest BCUT2D eigenvalue weighted by atomic mass is 10.2. The van der Waals surface area contributed by atoms with Crippen molar-refractivity contribution in [3.05, 3.63) is 59.9 Å². The highest BCUT2D eigenvalue weighted by molar-refractivity contribution is 14.0. The lowest BCUT2D eigenvalue weighted by Crippen LogP contribution is -2.41. The van der Waals surface area contributed by atoms with E-state index in [1.54, 1.807) is 37.5 Å². The minimum atomic E-state index is -3.50. The van der Waals surface area contributed by atoms with Crippen LogP contribution in [0.15, 0.2) is 58.5 Å². The number of nitrogens with zero attached hydrogens (tertiary/aromatic N) is 2. The van der Waals surface area contributed by atoms with Crippen LogP contribution in [-0.4, -0.2) is 39.5 Å². The zero-order valence-electron chi connectivity index (χ0n) is 14.8. The first-order valence-corrected chi connectivity index (χ1v) is 9.40. The molecule has 26 heavy (non-hydrogen) atoms. The molecule has 0 atom stereocenters. The minimum Gasteiger partial charge on any atom is -0.355 e. The molecule has 0 aliphatic rings. The number of benzene rings is 1. The van der Waals surface area contributed by atoms with Crippen molar-refractivity contribution < 1.29 is 8.42 Å². The molecule has 3 N–H and O–H groups in total. The molecule has 7 nitrogen and oxygen atoms in total. The van der Waals surface area contributed by atoms with Crippen LogP contribution in [0.25, 0.3) is 0 Å². The second kappa shape index (κ2) is 11.1. The van der Waals surface area contributed by atoms with E-state index in [4.69, 9.17) is 0 Å². The fourth-order valence-electron chi connectivity index (χ4n) is 2.06. The molecule has 0 aliphatic carbocycles. The number of nitrogens with one attached hydrogen (secondary N) is 3.